The Morgan fingerprint density at radius 1 is 1.21 bits per heavy atom. The summed E-state index contributed by atoms with van der Waals surface area (Å²) in [6, 6.07) is 8.29. The van der Waals surface area contributed by atoms with Crippen molar-refractivity contribution in [2.24, 2.45) is 0 Å². The number of halogens is 3. The first-order chi connectivity index (χ1) is 6.45. The molecule has 1 saturated carbocycles. The number of aliphatic hydroxyl groups is 1. The molecule has 0 saturated heterocycles. The van der Waals surface area contributed by atoms with Gasteiger partial charge in [0.2, 0.25) is 0 Å². The zero-order chi connectivity index (χ0) is 10.4. The van der Waals surface area contributed by atoms with Crippen molar-refractivity contribution >= 4 is 0 Å². The third-order valence-electron chi connectivity index (χ3n) is 2.62. The minimum Gasteiger partial charge on any atom is -0.380 e. The van der Waals surface area contributed by atoms with Crippen LogP contribution in [0.4, 0.5) is 13.2 Å². The number of alkyl halides is 3. The van der Waals surface area contributed by atoms with E-state index in [9.17, 15) is 18.3 Å². The second-order valence-electron chi connectivity index (χ2n) is 3.59. The highest BCUT2D eigenvalue weighted by Crippen LogP contribution is 2.59. The molecule has 76 valence electrons. The Morgan fingerprint density at radius 2 is 1.79 bits per heavy atom. The molecule has 0 amide bonds. The van der Waals surface area contributed by atoms with Crippen molar-refractivity contribution in [3.05, 3.63) is 35.9 Å². The molecule has 1 nitrogen and oxygen atoms in total. The van der Waals surface area contributed by atoms with Gasteiger partial charge >= 0.3 is 6.18 Å². The van der Waals surface area contributed by atoms with Crippen LogP contribution in [-0.4, -0.2) is 16.9 Å². The van der Waals surface area contributed by atoms with Crippen LogP contribution in [0.1, 0.15) is 17.9 Å². The van der Waals surface area contributed by atoms with Gasteiger partial charge in [0.15, 0.2) is 5.60 Å². The summed E-state index contributed by atoms with van der Waals surface area (Å²) in [6.45, 7) is 0. The van der Waals surface area contributed by atoms with Crippen molar-refractivity contribution < 1.29 is 18.3 Å². The van der Waals surface area contributed by atoms with Crippen molar-refractivity contribution in [1.82, 2.24) is 0 Å². The van der Waals surface area contributed by atoms with Crippen LogP contribution < -0.4 is 0 Å². The van der Waals surface area contributed by atoms with Crippen LogP contribution in [0.3, 0.4) is 0 Å². The highest BCUT2D eigenvalue weighted by molar-refractivity contribution is 5.32. The molecule has 1 fully saturated rings. The molecule has 2 unspecified atom stereocenters. The predicted octanol–water partition coefficient (Wildman–Crippen LogP) is 2.47. The smallest absolute Gasteiger partial charge is 0.380 e. The third kappa shape index (κ3) is 1.30. The Labute approximate surface area is 79.2 Å². The Bertz CT molecular complexity index is 333. The van der Waals surface area contributed by atoms with Crippen LogP contribution in [0, 0.1) is 0 Å². The maximum absolute atomic E-state index is 12.3. The van der Waals surface area contributed by atoms with E-state index in [4.69, 9.17) is 0 Å². The molecular formula is C10H9F3O. The second-order valence-corrected chi connectivity index (χ2v) is 3.59. The highest BCUT2D eigenvalue weighted by Gasteiger charge is 2.70. The molecule has 0 aliphatic heterocycles. The lowest BCUT2D eigenvalue weighted by atomic mass is 10.1. The molecule has 0 radical (unpaired) electrons. The number of hydrogen-bond donors (Lipinski definition) is 1. The molecule has 1 aliphatic rings. The standard InChI is InChI=1S/C10H9F3O/c11-10(12,13)9(14)6-8(9)7-4-2-1-3-5-7/h1-5,8,14H,6H2. The molecular weight excluding hydrogens is 193 g/mol. The summed E-state index contributed by atoms with van der Waals surface area (Å²) in [5.41, 5.74) is -1.94. The van der Waals surface area contributed by atoms with Gasteiger partial charge in [-0.3, -0.25) is 0 Å². The molecule has 0 aromatic heterocycles. The zero-order valence-electron chi connectivity index (χ0n) is 7.25. The van der Waals surface area contributed by atoms with E-state index in [0.717, 1.165) is 0 Å². The van der Waals surface area contributed by atoms with Crippen molar-refractivity contribution in [3.63, 3.8) is 0 Å². The van der Waals surface area contributed by atoms with Crippen LogP contribution in [0.15, 0.2) is 30.3 Å². The van der Waals surface area contributed by atoms with Crippen LogP contribution in [-0.2, 0) is 0 Å². The summed E-state index contributed by atoms with van der Waals surface area (Å²) < 4.78 is 36.9. The van der Waals surface area contributed by atoms with E-state index in [1.807, 2.05) is 0 Å². The van der Waals surface area contributed by atoms with E-state index in [2.05, 4.69) is 0 Å². The molecule has 1 aromatic carbocycles. The van der Waals surface area contributed by atoms with Crippen molar-refractivity contribution in [2.75, 3.05) is 0 Å². The number of benzene rings is 1. The van der Waals surface area contributed by atoms with E-state index < -0.39 is 17.7 Å². The van der Waals surface area contributed by atoms with Crippen LogP contribution in [0.25, 0.3) is 0 Å². The average molecular weight is 202 g/mol. The van der Waals surface area contributed by atoms with E-state index in [-0.39, 0.29) is 6.42 Å². The van der Waals surface area contributed by atoms with Gasteiger partial charge in [-0.15, -0.1) is 0 Å². The van der Waals surface area contributed by atoms with Gasteiger partial charge in [0.1, 0.15) is 0 Å². The topological polar surface area (TPSA) is 20.2 Å². The van der Waals surface area contributed by atoms with Crippen LogP contribution in [0.2, 0.25) is 0 Å². The van der Waals surface area contributed by atoms with Gasteiger partial charge < -0.3 is 5.11 Å². The monoisotopic (exact) mass is 202 g/mol. The van der Waals surface area contributed by atoms with E-state index >= 15 is 0 Å². The lowest BCUT2D eigenvalue weighted by Gasteiger charge is -2.14. The maximum Gasteiger partial charge on any atom is 0.417 e. The first kappa shape index (κ1) is 9.52. The van der Waals surface area contributed by atoms with Crippen molar-refractivity contribution in [1.29, 1.82) is 0 Å². The fourth-order valence-electron chi connectivity index (χ4n) is 1.64. The molecule has 0 heterocycles. The van der Waals surface area contributed by atoms with Gasteiger partial charge in [0.25, 0.3) is 0 Å². The zero-order valence-corrected chi connectivity index (χ0v) is 7.25. The average Bonchev–Trinajstić information content (AvgIpc) is 2.80. The summed E-state index contributed by atoms with van der Waals surface area (Å²) >= 11 is 0. The summed E-state index contributed by atoms with van der Waals surface area (Å²) in [5.74, 6) is -0.788. The molecule has 1 aliphatic carbocycles. The minimum atomic E-state index is -4.52. The van der Waals surface area contributed by atoms with E-state index in [1.165, 1.54) is 0 Å². The van der Waals surface area contributed by atoms with Crippen molar-refractivity contribution in [2.45, 2.75) is 24.1 Å². The normalized spacial score (nSPS) is 31.6. The molecule has 4 heteroatoms. The molecule has 1 aromatic rings. The minimum absolute atomic E-state index is 0.222. The second kappa shape index (κ2) is 2.73. The number of rotatable bonds is 1. The van der Waals surface area contributed by atoms with E-state index in [1.54, 1.807) is 30.3 Å². The van der Waals surface area contributed by atoms with Gasteiger partial charge in [-0.1, -0.05) is 30.3 Å². The first-order valence-corrected chi connectivity index (χ1v) is 4.29. The lowest BCUT2D eigenvalue weighted by molar-refractivity contribution is -0.220. The van der Waals surface area contributed by atoms with Crippen LogP contribution >= 0.6 is 0 Å². The Hall–Kier alpha value is -1.03. The molecule has 1 N–H and O–H groups in total. The summed E-state index contributed by atoms with van der Waals surface area (Å²) in [5, 5.41) is 9.25. The molecule has 2 atom stereocenters. The largest absolute Gasteiger partial charge is 0.417 e. The quantitative estimate of drug-likeness (QED) is 0.741. The van der Waals surface area contributed by atoms with Gasteiger partial charge in [0, 0.05) is 5.92 Å². The van der Waals surface area contributed by atoms with E-state index in [0.29, 0.717) is 5.56 Å². The Morgan fingerprint density at radius 3 is 2.21 bits per heavy atom. The molecule has 2 rings (SSSR count). The fourth-order valence-corrected chi connectivity index (χ4v) is 1.64. The summed E-state index contributed by atoms with van der Waals surface area (Å²) in [4.78, 5) is 0. The van der Waals surface area contributed by atoms with Gasteiger partial charge in [-0.25, -0.2) is 0 Å². The molecule has 0 bridgehead atoms. The Balaban J connectivity index is 2.21. The van der Waals surface area contributed by atoms with Crippen LogP contribution in [0.5, 0.6) is 0 Å². The SMILES string of the molecule is OC1(C(F)(F)F)CC1c1ccccc1. The lowest BCUT2D eigenvalue weighted by Crippen LogP contribution is -2.32. The molecule has 14 heavy (non-hydrogen) atoms. The summed E-state index contributed by atoms with van der Waals surface area (Å²) in [7, 11) is 0. The molecule has 0 spiro atoms. The van der Waals surface area contributed by atoms with Gasteiger partial charge in [-0.05, 0) is 12.0 Å². The summed E-state index contributed by atoms with van der Waals surface area (Å²) in [6.07, 6.45) is -4.74. The van der Waals surface area contributed by atoms with Gasteiger partial charge in [-0.2, -0.15) is 13.2 Å². The Kier molecular flexibility index (Phi) is 1.86. The maximum atomic E-state index is 12.3. The van der Waals surface area contributed by atoms with Gasteiger partial charge in [0.05, 0.1) is 0 Å². The third-order valence-corrected chi connectivity index (χ3v) is 2.62. The number of hydrogen-bond acceptors (Lipinski definition) is 1. The first-order valence-electron chi connectivity index (χ1n) is 4.29. The van der Waals surface area contributed by atoms with Crippen molar-refractivity contribution in [3.8, 4) is 0 Å². The highest BCUT2D eigenvalue weighted by atomic mass is 19.4. The predicted molar refractivity (Wildman–Crippen MR) is 44.8 cm³/mol. The fraction of sp³-hybridized carbons (Fsp3) is 0.400.